The van der Waals surface area contributed by atoms with Crippen LogP contribution in [0.5, 0.6) is 0 Å². The van der Waals surface area contributed by atoms with Crippen LogP contribution in [0.25, 0.3) is 0 Å². The van der Waals surface area contributed by atoms with Gasteiger partial charge in [0.1, 0.15) is 0 Å². The largest absolute Gasteiger partial charge is 0.364 e. The van der Waals surface area contributed by atoms with Gasteiger partial charge in [0.05, 0.1) is 6.54 Å². The zero-order valence-electron chi connectivity index (χ0n) is 8.40. The van der Waals surface area contributed by atoms with Crippen molar-refractivity contribution >= 4 is 5.91 Å². The Labute approximate surface area is 91.5 Å². The molecule has 2 rings (SSSR count). The molecule has 0 bridgehead atoms. The van der Waals surface area contributed by atoms with Gasteiger partial charge in [0.2, 0.25) is 0 Å². The molecule has 1 amide bonds. The van der Waals surface area contributed by atoms with E-state index in [2.05, 4.69) is 15.3 Å². The number of pyridine rings is 1. The highest BCUT2D eigenvalue weighted by Crippen LogP contribution is 2.02. The van der Waals surface area contributed by atoms with Crippen LogP contribution < -0.4 is 5.32 Å². The number of carbonyl (C=O) groups excluding carboxylic acids is 1. The number of aromatic nitrogens is 2. The number of H-pyrrole nitrogens is 1. The summed E-state index contributed by atoms with van der Waals surface area (Å²) in [4.78, 5) is 18.1. The summed E-state index contributed by atoms with van der Waals surface area (Å²) >= 11 is 0. The number of hydrogen-bond acceptors (Lipinski definition) is 2. The van der Waals surface area contributed by atoms with Crippen LogP contribution in [0.2, 0.25) is 0 Å². The summed E-state index contributed by atoms with van der Waals surface area (Å²) in [6.45, 7) is 0.321. The Kier molecular flexibility index (Phi) is 2.95. The highest BCUT2D eigenvalue weighted by molar-refractivity contribution is 5.92. The SMILES string of the molecule is O=C(NCc1ccc[nH]1)c1ncccc1F. The molecule has 0 fully saturated rings. The first-order valence-electron chi connectivity index (χ1n) is 4.78. The van der Waals surface area contributed by atoms with Gasteiger partial charge >= 0.3 is 0 Å². The Balaban J connectivity index is 2.01. The first-order chi connectivity index (χ1) is 7.77. The van der Waals surface area contributed by atoms with Gasteiger partial charge in [-0.15, -0.1) is 0 Å². The molecule has 16 heavy (non-hydrogen) atoms. The fourth-order valence-electron chi connectivity index (χ4n) is 1.29. The quantitative estimate of drug-likeness (QED) is 0.821. The third-order valence-electron chi connectivity index (χ3n) is 2.08. The Bertz CT molecular complexity index is 482. The zero-order chi connectivity index (χ0) is 11.4. The molecule has 0 aliphatic rings. The van der Waals surface area contributed by atoms with E-state index in [1.165, 1.54) is 18.3 Å². The fourth-order valence-corrected chi connectivity index (χ4v) is 1.29. The number of nitrogens with zero attached hydrogens (tertiary/aromatic N) is 1. The molecule has 0 spiro atoms. The van der Waals surface area contributed by atoms with E-state index < -0.39 is 11.7 Å². The summed E-state index contributed by atoms with van der Waals surface area (Å²) in [5.74, 6) is -1.14. The second-order valence-corrected chi connectivity index (χ2v) is 3.21. The van der Waals surface area contributed by atoms with Gasteiger partial charge in [-0.25, -0.2) is 9.37 Å². The lowest BCUT2D eigenvalue weighted by Gasteiger charge is -2.03. The summed E-state index contributed by atoms with van der Waals surface area (Å²) in [7, 11) is 0. The molecule has 82 valence electrons. The molecule has 0 atom stereocenters. The van der Waals surface area contributed by atoms with E-state index in [1.54, 1.807) is 6.20 Å². The molecule has 2 N–H and O–H groups in total. The van der Waals surface area contributed by atoms with Gasteiger partial charge in [0.15, 0.2) is 11.5 Å². The van der Waals surface area contributed by atoms with E-state index in [-0.39, 0.29) is 5.69 Å². The monoisotopic (exact) mass is 219 g/mol. The third kappa shape index (κ3) is 2.25. The lowest BCUT2D eigenvalue weighted by atomic mass is 10.3. The molecule has 0 aliphatic heterocycles. The van der Waals surface area contributed by atoms with E-state index in [0.717, 1.165) is 5.69 Å². The molecule has 4 nitrogen and oxygen atoms in total. The van der Waals surface area contributed by atoms with Crippen LogP contribution in [0.4, 0.5) is 4.39 Å². The summed E-state index contributed by atoms with van der Waals surface area (Å²) in [6.07, 6.45) is 3.13. The smallest absolute Gasteiger partial charge is 0.273 e. The van der Waals surface area contributed by atoms with Gasteiger partial charge in [-0.1, -0.05) is 0 Å². The molecular formula is C11H10FN3O. The van der Waals surface area contributed by atoms with Crippen LogP contribution in [0.3, 0.4) is 0 Å². The number of nitrogens with one attached hydrogen (secondary N) is 2. The van der Waals surface area contributed by atoms with Gasteiger partial charge in [0.25, 0.3) is 5.91 Å². The molecular weight excluding hydrogens is 209 g/mol. The van der Waals surface area contributed by atoms with Gasteiger partial charge < -0.3 is 10.3 Å². The fraction of sp³-hybridized carbons (Fsp3) is 0.0909. The maximum Gasteiger partial charge on any atom is 0.273 e. The number of carbonyl (C=O) groups is 1. The van der Waals surface area contributed by atoms with Crippen LogP contribution in [0.1, 0.15) is 16.2 Å². The molecule has 0 radical (unpaired) electrons. The minimum atomic E-state index is -0.619. The minimum Gasteiger partial charge on any atom is -0.364 e. The Morgan fingerprint density at radius 2 is 2.31 bits per heavy atom. The van der Waals surface area contributed by atoms with Crippen molar-refractivity contribution < 1.29 is 9.18 Å². The summed E-state index contributed by atoms with van der Waals surface area (Å²) < 4.78 is 13.2. The van der Waals surface area contributed by atoms with Crippen LogP contribution in [-0.2, 0) is 6.54 Å². The standard InChI is InChI=1S/C11H10FN3O/c12-9-4-2-6-14-10(9)11(16)15-7-8-3-1-5-13-8/h1-6,13H,7H2,(H,15,16). The average molecular weight is 219 g/mol. The number of amides is 1. The zero-order valence-corrected chi connectivity index (χ0v) is 8.40. The second-order valence-electron chi connectivity index (χ2n) is 3.21. The van der Waals surface area contributed by atoms with Crippen molar-refractivity contribution in [1.82, 2.24) is 15.3 Å². The second kappa shape index (κ2) is 4.57. The molecule has 2 aromatic heterocycles. The number of halogens is 1. The number of rotatable bonds is 3. The molecule has 2 heterocycles. The van der Waals surface area contributed by atoms with E-state index in [9.17, 15) is 9.18 Å². The Morgan fingerprint density at radius 3 is 3.00 bits per heavy atom. The van der Waals surface area contributed by atoms with Gasteiger partial charge in [-0.3, -0.25) is 4.79 Å². The van der Waals surface area contributed by atoms with E-state index in [0.29, 0.717) is 6.54 Å². The van der Waals surface area contributed by atoms with E-state index in [1.807, 2.05) is 12.1 Å². The molecule has 0 aliphatic carbocycles. The van der Waals surface area contributed by atoms with Crippen LogP contribution in [0.15, 0.2) is 36.7 Å². The van der Waals surface area contributed by atoms with Crippen molar-refractivity contribution in [2.75, 3.05) is 0 Å². The van der Waals surface area contributed by atoms with Gasteiger partial charge in [-0.2, -0.15) is 0 Å². The Hall–Kier alpha value is -2.17. The number of hydrogen-bond donors (Lipinski definition) is 2. The predicted molar refractivity (Wildman–Crippen MR) is 56.2 cm³/mol. The average Bonchev–Trinajstić information content (AvgIpc) is 2.79. The first kappa shape index (κ1) is 10.4. The predicted octanol–water partition coefficient (Wildman–Crippen LogP) is 1.48. The first-order valence-corrected chi connectivity index (χ1v) is 4.78. The molecule has 0 saturated carbocycles. The summed E-state index contributed by atoms with van der Waals surface area (Å²) in [5, 5.41) is 2.57. The lowest BCUT2D eigenvalue weighted by Crippen LogP contribution is -2.25. The summed E-state index contributed by atoms with van der Waals surface area (Å²) in [6, 6.07) is 6.30. The summed E-state index contributed by atoms with van der Waals surface area (Å²) in [5.41, 5.74) is 0.666. The van der Waals surface area contributed by atoms with E-state index >= 15 is 0 Å². The highest BCUT2D eigenvalue weighted by Gasteiger charge is 2.11. The molecule has 0 saturated heterocycles. The lowest BCUT2D eigenvalue weighted by molar-refractivity contribution is 0.0941. The normalized spacial score (nSPS) is 10.1. The Morgan fingerprint density at radius 1 is 1.44 bits per heavy atom. The maximum atomic E-state index is 13.2. The van der Waals surface area contributed by atoms with Crippen molar-refractivity contribution in [1.29, 1.82) is 0 Å². The highest BCUT2D eigenvalue weighted by atomic mass is 19.1. The van der Waals surface area contributed by atoms with Crippen molar-refractivity contribution in [3.05, 3.63) is 53.9 Å². The maximum absolute atomic E-state index is 13.2. The topological polar surface area (TPSA) is 57.8 Å². The van der Waals surface area contributed by atoms with E-state index in [4.69, 9.17) is 0 Å². The van der Waals surface area contributed by atoms with Gasteiger partial charge in [-0.05, 0) is 24.3 Å². The molecule has 0 aromatic carbocycles. The molecule has 5 heteroatoms. The van der Waals surface area contributed by atoms with Crippen molar-refractivity contribution in [3.63, 3.8) is 0 Å². The van der Waals surface area contributed by atoms with Crippen molar-refractivity contribution in [2.24, 2.45) is 0 Å². The van der Waals surface area contributed by atoms with Crippen LogP contribution >= 0.6 is 0 Å². The minimum absolute atomic E-state index is 0.186. The molecule has 2 aromatic rings. The van der Waals surface area contributed by atoms with Crippen LogP contribution in [-0.4, -0.2) is 15.9 Å². The van der Waals surface area contributed by atoms with Crippen LogP contribution in [0, 0.1) is 5.82 Å². The van der Waals surface area contributed by atoms with Gasteiger partial charge in [0, 0.05) is 18.1 Å². The van der Waals surface area contributed by atoms with Crippen molar-refractivity contribution in [2.45, 2.75) is 6.54 Å². The number of aromatic amines is 1. The third-order valence-corrected chi connectivity index (χ3v) is 2.08. The molecule has 0 unspecified atom stereocenters. The van der Waals surface area contributed by atoms with Crippen molar-refractivity contribution in [3.8, 4) is 0 Å².